The predicted octanol–water partition coefficient (Wildman–Crippen LogP) is 0.795. The normalized spacial score (nSPS) is 35.2. The minimum absolute atomic E-state index is 0.124. The Morgan fingerprint density at radius 2 is 2.00 bits per heavy atom. The van der Waals surface area contributed by atoms with Gasteiger partial charge in [-0.25, -0.2) is 8.42 Å². The molecule has 1 aliphatic carbocycles. The molecule has 0 aromatic carbocycles. The maximum absolute atomic E-state index is 11.6. The molecule has 0 amide bonds. The molecule has 78 valence electrons. The van der Waals surface area contributed by atoms with E-state index in [0.717, 1.165) is 12.8 Å². The monoisotopic (exact) mass is 205 g/mol. The van der Waals surface area contributed by atoms with Gasteiger partial charge < -0.3 is 5.73 Å². The third-order valence-corrected chi connectivity index (χ3v) is 5.42. The second kappa shape index (κ2) is 3.96. The molecule has 3 atom stereocenters. The zero-order valence-corrected chi connectivity index (χ0v) is 9.18. The first-order chi connectivity index (χ1) is 6.01. The Balaban J connectivity index is 2.68. The highest BCUT2D eigenvalue weighted by Crippen LogP contribution is 2.34. The van der Waals surface area contributed by atoms with Gasteiger partial charge in [-0.05, 0) is 31.2 Å². The molecule has 0 bridgehead atoms. The maximum atomic E-state index is 11.6. The fourth-order valence-corrected chi connectivity index (χ4v) is 3.74. The van der Waals surface area contributed by atoms with Crippen molar-refractivity contribution >= 4 is 9.84 Å². The number of nitrogens with two attached hydrogens (primary N) is 1. The van der Waals surface area contributed by atoms with Crippen LogP contribution in [0.15, 0.2) is 0 Å². The first-order valence-corrected chi connectivity index (χ1v) is 6.64. The molecular formula is C9H19NO2S. The second-order valence-electron chi connectivity index (χ2n) is 4.02. The van der Waals surface area contributed by atoms with Gasteiger partial charge in [0.1, 0.15) is 0 Å². The van der Waals surface area contributed by atoms with E-state index in [4.69, 9.17) is 5.73 Å². The summed E-state index contributed by atoms with van der Waals surface area (Å²) in [5.74, 6) is 1.14. The second-order valence-corrected chi connectivity index (χ2v) is 6.59. The summed E-state index contributed by atoms with van der Waals surface area (Å²) in [6.07, 6.45) is 1.58. The van der Waals surface area contributed by atoms with Crippen LogP contribution >= 0.6 is 0 Å². The van der Waals surface area contributed by atoms with Crippen LogP contribution in [0.2, 0.25) is 0 Å². The van der Waals surface area contributed by atoms with E-state index in [1.165, 1.54) is 0 Å². The van der Waals surface area contributed by atoms with Crippen LogP contribution in [0.3, 0.4) is 0 Å². The molecule has 1 saturated carbocycles. The molecule has 2 N–H and O–H groups in total. The van der Waals surface area contributed by atoms with E-state index in [9.17, 15) is 8.42 Å². The lowest BCUT2D eigenvalue weighted by molar-refractivity contribution is 0.429. The van der Waals surface area contributed by atoms with Gasteiger partial charge >= 0.3 is 0 Å². The largest absolute Gasteiger partial charge is 0.330 e. The minimum Gasteiger partial charge on any atom is -0.330 e. The van der Waals surface area contributed by atoms with E-state index < -0.39 is 9.84 Å². The molecule has 0 aromatic rings. The van der Waals surface area contributed by atoms with Crippen LogP contribution in [-0.4, -0.2) is 26.0 Å². The van der Waals surface area contributed by atoms with Crippen LogP contribution in [0.5, 0.6) is 0 Å². The Hall–Kier alpha value is -0.0900. The topological polar surface area (TPSA) is 60.2 Å². The van der Waals surface area contributed by atoms with E-state index in [2.05, 4.69) is 6.92 Å². The van der Waals surface area contributed by atoms with Crippen molar-refractivity contribution in [3.05, 3.63) is 0 Å². The average molecular weight is 205 g/mol. The lowest BCUT2D eigenvalue weighted by atomic mass is 9.99. The van der Waals surface area contributed by atoms with E-state index >= 15 is 0 Å². The van der Waals surface area contributed by atoms with Crippen molar-refractivity contribution in [2.24, 2.45) is 17.6 Å². The van der Waals surface area contributed by atoms with Crippen molar-refractivity contribution in [2.75, 3.05) is 12.3 Å². The van der Waals surface area contributed by atoms with Gasteiger partial charge in [0.05, 0.1) is 5.25 Å². The third-order valence-electron chi connectivity index (χ3n) is 3.22. The summed E-state index contributed by atoms with van der Waals surface area (Å²) in [6, 6.07) is 0. The molecule has 1 aliphatic rings. The summed E-state index contributed by atoms with van der Waals surface area (Å²) < 4.78 is 23.1. The van der Waals surface area contributed by atoms with Crippen LogP contribution in [0.4, 0.5) is 0 Å². The first kappa shape index (κ1) is 11.0. The molecule has 0 aliphatic heterocycles. The van der Waals surface area contributed by atoms with Crippen LogP contribution in [-0.2, 0) is 9.84 Å². The first-order valence-electron chi connectivity index (χ1n) is 4.92. The molecule has 0 radical (unpaired) electrons. The van der Waals surface area contributed by atoms with Crippen molar-refractivity contribution in [3.63, 3.8) is 0 Å². The van der Waals surface area contributed by atoms with Gasteiger partial charge in [-0.1, -0.05) is 13.8 Å². The Morgan fingerprint density at radius 1 is 1.38 bits per heavy atom. The zero-order chi connectivity index (χ0) is 10.1. The van der Waals surface area contributed by atoms with Gasteiger partial charge in [0, 0.05) is 5.75 Å². The lowest BCUT2D eigenvalue weighted by Crippen LogP contribution is -2.21. The molecule has 0 aromatic heterocycles. The van der Waals surface area contributed by atoms with Gasteiger partial charge in [-0.15, -0.1) is 0 Å². The fraction of sp³-hybridized carbons (Fsp3) is 1.00. The number of rotatable bonds is 3. The van der Waals surface area contributed by atoms with Crippen molar-refractivity contribution in [1.82, 2.24) is 0 Å². The summed E-state index contributed by atoms with van der Waals surface area (Å²) in [7, 11) is -2.83. The Kier molecular flexibility index (Phi) is 3.35. The van der Waals surface area contributed by atoms with E-state index in [1.54, 1.807) is 6.92 Å². The summed E-state index contributed by atoms with van der Waals surface area (Å²) in [5, 5.41) is -0.124. The molecule has 0 heterocycles. The van der Waals surface area contributed by atoms with Crippen LogP contribution in [0, 0.1) is 11.8 Å². The van der Waals surface area contributed by atoms with Gasteiger partial charge in [0.2, 0.25) is 0 Å². The highest BCUT2D eigenvalue weighted by atomic mass is 32.2. The Morgan fingerprint density at radius 3 is 2.38 bits per heavy atom. The van der Waals surface area contributed by atoms with Gasteiger partial charge in [0.15, 0.2) is 9.84 Å². The van der Waals surface area contributed by atoms with Crippen LogP contribution < -0.4 is 5.73 Å². The number of hydrogen-bond donors (Lipinski definition) is 1. The van der Waals surface area contributed by atoms with Crippen molar-refractivity contribution < 1.29 is 8.42 Å². The standard InChI is InChI=1S/C9H19NO2S/c1-3-13(11,12)9-4-7(2)8(5-9)6-10/h7-9H,3-6,10H2,1-2H3/t7-,8+,9-/m1/s1. The van der Waals surface area contributed by atoms with E-state index in [1.807, 2.05) is 0 Å². The number of hydrogen-bond acceptors (Lipinski definition) is 3. The molecule has 0 saturated heterocycles. The third kappa shape index (κ3) is 2.23. The van der Waals surface area contributed by atoms with Crippen LogP contribution in [0.25, 0.3) is 0 Å². The van der Waals surface area contributed by atoms with Gasteiger partial charge in [-0.2, -0.15) is 0 Å². The average Bonchev–Trinajstić information content (AvgIpc) is 2.47. The molecule has 1 rings (SSSR count). The lowest BCUT2D eigenvalue weighted by Gasteiger charge is -2.10. The molecule has 0 unspecified atom stereocenters. The summed E-state index contributed by atoms with van der Waals surface area (Å²) in [6.45, 7) is 4.44. The molecular weight excluding hydrogens is 186 g/mol. The zero-order valence-electron chi connectivity index (χ0n) is 8.36. The number of sulfone groups is 1. The van der Waals surface area contributed by atoms with E-state index in [-0.39, 0.29) is 11.0 Å². The molecule has 3 nitrogen and oxygen atoms in total. The molecule has 0 spiro atoms. The van der Waals surface area contributed by atoms with Crippen molar-refractivity contribution in [1.29, 1.82) is 0 Å². The highest BCUT2D eigenvalue weighted by molar-refractivity contribution is 7.92. The van der Waals surface area contributed by atoms with Crippen molar-refractivity contribution in [2.45, 2.75) is 31.9 Å². The van der Waals surface area contributed by atoms with Crippen molar-refractivity contribution in [3.8, 4) is 0 Å². The summed E-state index contributed by atoms with van der Waals surface area (Å²) in [5.41, 5.74) is 5.58. The molecule has 4 heteroatoms. The smallest absolute Gasteiger partial charge is 0.152 e. The minimum atomic E-state index is -2.83. The van der Waals surface area contributed by atoms with E-state index in [0.29, 0.717) is 18.4 Å². The maximum Gasteiger partial charge on any atom is 0.152 e. The Labute approximate surface area is 80.6 Å². The van der Waals surface area contributed by atoms with Gasteiger partial charge in [0.25, 0.3) is 0 Å². The fourth-order valence-electron chi connectivity index (χ4n) is 2.13. The SMILES string of the molecule is CCS(=O)(=O)[C@H]1C[C@@H](CN)[C@H](C)C1. The molecule has 1 fully saturated rings. The summed E-state index contributed by atoms with van der Waals surface area (Å²) >= 11 is 0. The predicted molar refractivity (Wildman–Crippen MR) is 54.2 cm³/mol. The van der Waals surface area contributed by atoms with Gasteiger partial charge in [-0.3, -0.25) is 0 Å². The highest BCUT2D eigenvalue weighted by Gasteiger charge is 2.36. The summed E-state index contributed by atoms with van der Waals surface area (Å²) in [4.78, 5) is 0. The Bertz CT molecular complexity index is 261. The molecule has 13 heavy (non-hydrogen) atoms. The quantitative estimate of drug-likeness (QED) is 0.741. The van der Waals surface area contributed by atoms with Crippen LogP contribution in [0.1, 0.15) is 26.7 Å².